The summed E-state index contributed by atoms with van der Waals surface area (Å²) in [6.45, 7) is 3.74. The van der Waals surface area contributed by atoms with E-state index in [1.165, 1.54) is 19.2 Å². The van der Waals surface area contributed by atoms with Crippen molar-refractivity contribution in [3.63, 3.8) is 0 Å². The van der Waals surface area contributed by atoms with Crippen LogP contribution in [0.2, 0.25) is 0 Å². The monoisotopic (exact) mass is 293 g/mol. The molecule has 1 aliphatic heterocycles. The fourth-order valence-electron chi connectivity index (χ4n) is 2.51. The van der Waals surface area contributed by atoms with Crippen molar-refractivity contribution in [3.8, 4) is 5.75 Å². The lowest BCUT2D eigenvalue weighted by Gasteiger charge is -2.22. The van der Waals surface area contributed by atoms with Crippen LogP contribution in [0.4, 0.5) is 5.69 Å². The van der Waals surface area contributed by atoms with E-state index in [0.29, 0.717) is 25.2 Å². The summed E-state index contributed by atoms with van der Waals surface area (Å²) in [5.74, 6) is -0.0669. The van der Waals surface area contributed by atoms with E-state index in [1.54, 1.807) is 11.0 Å². The Balaban J connectivity index is 2.25. The van der Waals surface area contributed by atoms with Gasteiger partial charge in [0, 0.05) is 24.7 Å². The number of nitro benzene ring substituents is 1. The molecule has 0 radical (unpaired) electrons. The number of carbonyl (C=O) groups excluding carboxylic acids is 1. The number of nitrogens with zero attached hydrogens (tertiary/aromatic N) is 2. The molecular formula is C14H19N3O4. The van der Waals surface area contributed by atoms with Crippen LogP contribution >= 0.6 is 0 Å². The van der Waals surface area contributed by atoms with Crippen molar-refractivity contribution < 1.29 is 14.5 Å². The Hall–Kier alpha value is -2.15. The molecule has 1 heterocycles. The standard InChI is InChI=1S/C14H19N3O4/c1-14(8-15)5-6-16(9-14)13(18)10-3-4-12(21-2)11(7-10)17(19)20/h3-4,7H,5-6,8-9,15H2,1-2H3. The third-order valence-electron chi connectivity index (χ3n) is 3.96. The average Bonchev–Trinajstić information content (AvgIpc) is 2.89. The zero-order valence-electron chi connectivity index (χ0n) is 12.2. The summed E-state index contributed by atoms with van der Waals surface area (Å²) >= 11 is 0. The molecule has 0 saturated carbocycles. The van der Waals surface area contributed by atoms with Crippen molar-refractivity contribution in [2.24, 2.45) is 11.1 Å². The Morgan fingerprint density at radius 1 is 1.57 bits per heavy atom. The number of hydrogen-bond donors (Lipinski definition) is 1. The van der Waals surface area contributed by atoms with Gasteiger partial charge in [-0.15, -0.1) is 0 Å². The van der Waals surface area contributed by atoms with Gasteiger partial charge in [-0.1, -0.05) is 6.92 Å². The molecule has 1 aromatic rings. The van der Waals surface area contributed by atoms with E-state index in [-0.39, 0.29) is 22.8 Å². The molecular weight excluding hydrogens is 274 g/mol. The summed E-state index contributed by atoms with van der Waals surface area (Å²) in [4.78, 5) is 24.6. The molecule has 0 spiro atoms. The second-order valence-electron chi connectivity index (χ2n) is 5.64. The molecule has 7 heteroatoms. The van der Waals surface area contributed by atoms with Gasteiger partial charge >= 0.3 is 5.69 Å². The molecule has 21 heavy (non-hydrogen) atoms. The van der Waals surface area contributed by atoms with Gasteiger partial charge in [-0.2, -0.15) is 0 Å². The van der Waals surface area contributed by atoms with E-state index in [2.05, 4.69) is 0 Å². The summed E-state index contributed by atoms with van der Waals surface area (Å²) in [5, 5.41) is 11.0. The van der Waals surface area contributed by atoms with Crippen LogP contribution in [-0.2, 0) is 0 Å². The van der Waals surface area contributed by atoms with Crippen molar-refractivity contribution >= 4 is 11.6 Å². The first kappa shape index (κ1) is 15.2. The van der Waals surface area contributed by atoms with Gasteiger partial charge in [0.15, 0.2) is 5.75 Å². The number of rotatable bonds is 4. The highest BCUT2D eigenvalue weighted by Crippen LogP contribution is 2.32. The van der Waals surface area contributed by atoms with Gasteiger partial charge in [0.05, 0.1) is 12.0 Å². The summed E-state index contributed by atoms with van der Waals surface area (Å²) in [6, 6.07) is 4.26. The normalized spacial score (nSPS) is 21.4. The second kappa shape index (κ2) is 5.69. The van der Waals surface area contributed by atoms with E-state index >= 15 is 0 Å². The van der Waals surface area contributed by atoms with Gasteiger partial charge in [0.2, 0.25) is 0 Å². The molecule has 1 atom stereocenters. The van der Waals surface area contributed by atoms with Crippen LogP contribution in [-0.4, -0.2) is 42.5 Å². The van der Waals surface area contributed by atoms with Gasteiger partial charge in [0.1, 0.15) is 0 Å². The molecule has 0 aromatic heterocycles. The molecule has 0 bridgehead atoms. The van der Waals surface area contributed by atoms with Crippen molar-refractivity contribution in [2.75, 3.05) is 26.7 Å². The number of hydrogen-bond acceptors (Lipinski definition) is 5. The zero-order chi connectivity index (χ0) is 15.6. The van der Waals surface area contributed by atoms with Crippen LogP contribution in [0.1, 0.15) is 23.7 Å². The second-order valence-corrected chi connectivity index (χ2v) is 5.64. The van der Waals surface area contributed by atoms with Gasteiger partial charge in [0.25, 0.3) is 5.91 Å². The lowest BCUT2D eigenvalue weighted by atomic mass is 9.90. The number of amides is 1. The SMILES string of the molecule is COc1ccc(C(=O)N2CCC(C)(CN)C2)cc1[N+](=O)[O-]. The predicted molar refractivity (Wildman–Crippen MR) is 77.3 cm³/mol. The lowest BCUT2D eigenvalue weighted by Crippen LogP contribution is -2.34. The molecule has 2 N–H and O–H groups in total. The summed E-state index contributed by atoms with van der Waals surface area (Å²) in [7, 11) is 1.36. The molecule has 1 unspecified atom stereocenters. The first-order valence-electron chi connectivity index (χ1n) is 6.72. The van der Waals surface area contributed by atoms with E-state index in [4.69, 9.17) is 10.5 Å². The van der Waals surface area contributed by atoms with Crippen molar-refractivity contribution in [1.82, 2.24) is 4.90 Å². The Morgan fingerprint density at radius 3 is 2.81 bits per heavy atom. The maximum absolute atomic E-state index is 12.4. The molecule has 2 rings (SSSR count). The number of carbonyl (C=O) groups is 1. The Morgan fingerprint density at radius 2 is 2.29 bits per heavy atom. The molecule has 1 amide bonds. The van der Waals surface area contributed by atoms with Crippen molar-refractivity contribution in [1.29, 1.82) is 0 Å². The maximum Gasteiger partial charge on any atom is 0.311 e. The minimum atomic E-state index is -0.552. The molecule has 1 saturated heterocycles. The van der Waals surface area contributed by atoms with Gasteiger partial charge < -0.3 is 15.4 Å². The van der Waals surface area contributed by atoms with Crippen LogP contribution in [0.5, 0.6) is 5.75 Å². The van der Waals surface area contributed by atoms with E-state index in [1.807, 2.05) is 6.92 Å². The largest absolute Gasteiger partial charge is 0.490 e. The molecule has 1 aliphatic rings. The number of benzene rings is 1. The zero-order valence-corrected chi connectivity index (χ0v) is 12.2. The summed E-state index contributed by atoms with van der Waals surface area (Å²) in [6.07, 6.45) is 0.841. The molecule has 1 aromatic carbocycles. The van der Waals surface area contributed by atoms with Gasteiger partial charge in [-0.05, 0) is 30.5 Å². The fourth-order valence-corrected chi connectivity index (χ4v) is 2.51. The third-order valence-corrected chi connectivity index (χ3v) is 3.96. The minimum absolute atomic E-state index is 0.0753. The Kier molecular flexibility index (Phi) is 4.13. The Labute approximate surface area is 122 Å². The number of nitrogens with two attached hydrogens (primary N) is 1. The molecule has 1 fully saturated rings. The van der Waals surface area contributed by atoms with Gasteiger partial charge in [-0.25, -0.2) is 0 Å². The number of methoxy groups -OCH3 is 1. The highest BCUT2D eigenvalue weighted by molar-refractivity contribution is 5.95. The quantitative estimate of drug-likeness (QED) is 0.668. The summed E-state index contributed by atoms with van der Waals surface area (Å²) < 4.78 is 4.93. The minimum Gasteiger partial charge on any atom is -0.490 e. The van der Waals surface area contributed by atoms with Crippen LogP contribution in [0.25, 0.3) is 0 Å². The van der Waals surface area contributed by atoms with E-state index in [9.17, 15) is 14.9 Å². The number of ether oxygens (including phenoxy) is 1. The van der Waals surface area contributed by atoms with Gasteiger partial charge in [-0.3, -0.25) is 14.9 Å². The third kappa shape index (κ3) is 2.97. The average molecular weight is 293 g/mol. The number of likely N-dealkylation sites (tertiary alicyclic amines) is 1. The molecule has 7 nitrogen and oxygen atoms in total. The number of nitro groups is 1. The summed E-state index contributed by atoms with van der Waals surface area (Å²) in [5.41, 5.74) is 5.74. The topological polar surface area (TPSA) is 98.7 Å². The van der Waals surface area contributed by atoms with Crippen LogP contribution in [0.3, 0.4) is 0 Å². The first-order chi connectivity index (χ1) is 9.90. The predicted octanol–water partition coefficient (Wildman–Crippen LogP) is 1.41. The van der Waals surface area contributed by atoms with Crippen molar-refractivity contribution in [3.05, 3.63) is 33.9 Å². The van der Waals surface area contributed by atoms with Crippen LogP contribution < -0.4 is 10.5 Å². The smallest absolute Gasteiger partial charge is 0.311 e. The first-order valence-corrected chi connectivity index (χ1v) is 6.72. The maximum atomic E-state index is 12.4. The molecule has 114 valence electrons. The van der Waals surface area contributed by atoms with Crippen LogP contribution in [0.15, 0.2) is 18.2 Å². The lowest BCUT2D eigenvalue weighted by molar-refractivity contribution is -0.385. The van der Waals surface area contributed by atoms with Crippen LogP contribution in [0, 0.1) is 15.5 Å². The Bertz CT molecular complexity index is 575. The highest BCUT2D eigenvalue weighted by atomic mass is 16.6. The molecule has 0 aliphatic carbocycles. The highest BCUT2D eigenvalue weighted by Gasteiger charge is 2.35. The fraction of sp³-hybridized carbons (Fsp3) is 0.500. The van der Waals surface area contributed by atoms with E-state index in [0.717, 1.165) is 6.42 Å². The van der Waals surface area contributed by atoms with Crippen molar-refractivity contribution in [2.45, 2.75) is 13.3 Å². The van der Waals surface area contributed by atoms with E-state index < -0.39 is 4.92 Å².